The van der Waals surface area contributed by atoms with Gasteiger partial charge in [-0.3, -0.25) is 0 Å². The first kappa shape index (κ1) is 33.7. The van der Waals surface area contributed by atoms with Crippen LogP contribution in [-0.2, 0) is 19.2 Å². The zero-order chi connectivity index (χ0) is 33.4. The van der Waals surface area contributed by atoms with Crippen LogP contribution in [0.5, 0.6) is 23.0 Å². The molecule has 0 aliphatic heterocycles. The Morgan fingerprint density at radius 3 is 1.58 bits per heavy atom. The van der Waals surface area contributed by atoms with Crippen LogP contribution in [-0.4, -0.2) is 23.9 Å². The van der Waals surface area contributed by atoms with Gasteiger partial charge in [-0.1, -0.05) is 56.7 Å². The van der Waals surface area contributed by atoms with Gasteiger partial charge in [-0.15, -0.1) is 0 Å². The number of benzene rings is 3. The number of rotatable bonds is 11. The van der Waals surface area contributed by atoms with Crippen molar-refractivity contribution in [3.05, 3.63) is 120 Å². The third-order valence-corrected chi connectivity index (χ3v) is 5.90. The van der Waals surface area contributed by atoms with Gasteiger partial charge in [0, 0.05) is 46.1 Å². The largest absolute Gasteiger partial charge is 0.423 e. The second-order valence-corrected chi connectivity index (χ2v) is 10.1. The highest BCUT2D eigenvalue weighted by Gasteiger charge is 2.18. The van der Waals surface area contributed by atoms with Gasteiger partial charge in [0.15, 0.2) is 0 Å². The number of carbonyl (C=O) groups excluding carboxylic acids is 4. The second kappa shape index (κ2) is 14.6. The van der Waals surface area contributed by atoms with Gasteiger partial charge in [-0.2, -0.15) is 0 Å². The van der Waals surface area contributed by atoms with Crippen molar-refractivity contribution in [1.29, 1.82) is 0 Å². The predicted molar refractivity (Wildman–Crippen MR) is 169 cm³/mol. The Bertz CT molecular complexity index is 1780. The highest BCUT2D eigenvalue weighted by Crippen LogP contribution is 2.35. The molecule has 45 heavy (non-hydrogen) atoms. The van der Waals surface area contributed by atoms with Crippen molar-refractivity contribution < 1.29 is 42.5 Å². The Hall–Kier alpha value is -5.83. The molecule has 9 heteroatoms. The summed E-state index contributed by atoms with van der Waals surface area (Å²) in [6.45, 7) is 20.1. The topological polar surface area (TPSA) is 105 Å². The third kappa shape index (κ3) is 9.08. The standard InChI is InChI=1S/C36H31FO8/c1-20(2)33(38)42-26-14-16-28(31(18-26)44-35(40)22(5)6)25-12-9-24(10-13-25)11-15-29-30(37)17-27(43-34(39)21(3)4)19-32(29)45-36(41)23(7)8/h9-19H,1,3,5,7H2,2,4,6,8H3/b15-11+. The molecule has 0 radical (unpaired) electrons. The van der Waals surface area contributed by atoms with Gasteiger partial charge in [0.25, 0.3) is 0 Å². The maximum absolute atomic E-state index is 15.2. The molecule has 0 heterocycles. The molecular formula is C36H31FO8. The van der Waals surface area contributed by atoms with Crippen molar-refractivity contribution in [2.24, 2.45) is 0 Å². The Morgan fingerprint density at radius 2 is 1.04 bits per heavy atom. The van der Waals surface area contributed by atoms with Crippen molar-refractivity contribution in [3.8, 4) is 34.1 Å². The minimum absolute atomic E-state index is 0.0716. The molecule has 230 valence electrons. The summed E-state index contributed by atoms with van der Waals surface area (Å²) >= 11 is 0. The van der Waals surface area contributed by atoms with Gasteiger partial charge < -0.3 is 18.9 Å². The van der Waals surface area contributed by atoms with Gasteiger partial charge in [-0.25, -0.2) is 23.6 Å². The summed E-state index contributed by atoms with van der Waals surface area (Å²) in [7, 11) is 0. The monoisotopic (exact) mass is 610 g/mol. The SMILES string of the molecule is C=C(C)C(=O)Oc1ccc(-c2ccc(/C=C/c3c(F)cc(OC(=O)C(=C)C)cc3OC(=O)C(=C)C)cc2)c(OC(=O)C(=C)C)c1. The number of ether oxygens (including phenoxy) is 4. The molecule has 3 aromatic carbocycles. The lowest BCUT2D eigenvalue weighted by molar-refractivity contribution is -0.131. The van der Waals surface area contributed by atoms with Crippen LogP contribution in [0.25, 0.3) is 23.3 Å². The zero-order valence-corrected chi connectivity index (χ0v) is 25.3. The molecular weight excluding hydrogens is 579 g/mol. The predicted octanol–water partition coefficient (Wildman–Crippen LogP) is 7.59. The Morgan fingerprint density at radius 1 is 0.578 bits per heavy atom. The van der Waals surface area contributed by atoms with Gasteiger partial charge in [0.05, 0.1) is 5.56 Å². The fraction of sp³-hybridized carbons (Fsp3) is 0.111. The van der Waals surface area contributed by atoms with E-state index < -0.39 is 29.7 Å². The molecule has 0 unspecified atom stereocenters. The maximum Gasteiger partial charge on any atom is 0.338 e. The lowest BCUT2D eigenvalue weighted by atomic mass is 10.0. The molecule has 0 aromatic heterocycles. The van der Waals surface area contributed by atoms with E-state index in [1.165, 1.54) is 45.9 Å². The molecule has 8 nitrogen and oxygen atoms in total. The van der Waals surface area contributed by atoms with E-state index in [4.69, 9.17) is 18.9 Å². The summed E-state index contributed by atoms with van der Waals surface area (Å²) in [6, 6.07) is 13.8. The van der Waals surface area contributed by atoms with Crippen LogP contribution in [0.15, 0.2) is 103 Å². The van der Waals surface area contributed by atoms with E-state index in [0.717, 1.165) is 6.07 Å². The summed E-state index contributed by atoms with van der Waals surface area (Å²) in [5.41, 5.74) is 2.31. The molecule has 0 aliphatic carbocycles. The molecule has 0 atom stereocenters. The molecule has 0 bridgehead atoms. The summed E-state index contributed by atoms with van der Waals surface area (Å²) < 4.78 is 36.4. The number of hydrogen-bond donors (Lipinski definition) is 0. The van der Waals surface area contributed by atoms with E-state index in [-0.39, 0.29) is 50.9 Å². The van der Waals surface area contributed by atoms with Crippen molar-refractivity contribution in [1.82, 2.24) is 0 Å². The number of hydrogen-bond acceptors (Lipinski definition) is 8. The molecule has 0 aliphatic rings. The smallest absolute Gasteiger partial charge is 0.338 e. The molecule has 3 rings (SSSR count). The van der Waals surface area contributed by atoms with Crippen LogP contribution in [0.3, 0.4) is 0 Å². The van der Waals surface area contributed by atoms with Crippen LogP contribution in [0.2, 0.25) is 0 Å². The molecule has 0 amide bonds. The van der Waals surface area contributed by atoms with Gasteiger partial charge in [-0.05, 0) is 57.0 Å². The van der Waals surface area contributed by atoms with Crippen molar-refractivity contribution >= 4 is 36.0 Å². The fourth-order valence-corrected chi connectivity index (χ4v) is 3.48. The van der Waals surface area contributed by atoms with Gasteiger partial charge in [0.1, 0.15) is 28.8 Å². The molecule has 0 fully saturated rings. The van der Waals surface area contributed by atoms with E-state index in [1.807, 2.05) is 0 Å². The van der Waals surface area contributed by atoms with E-state index in [9.17, 15) is 19.2 Å². The summed E-state index contributed by atoms with van der Waals surface area (Å²) in [6.07, 6.45) is 2.99. The molecule has 0 N–H and O–H groups in total. The lowest BCUT2D eigenvalue weighted by Gasteiger charge is -2.13. The Balaban J connectivity index is 1.96. The normalized spacial score (nSPS) is 10.5. The Labute approximate surface area is 260 Å². The van der Waals surface area contributed by atoms with E-state index >= 15 is 4.39 Å². The second-order valence-electron chi connectivity index (χ2n) is 10.1. The zero-order valence-electron chi connectivity index (χ0n) is 25.3. The van der Waals surface area contributed by atoms with E-state index in [2.05, 4.69) is 26.3 Å². The average molecular weight is 611 g/mol. The van der Waals surface area contributed by atoms with E-state index in [0.29, 0.717) is 16.7 Å². The first-order valence-electron chi connectivity index (χ1n) is 13.4. The maximum atomic E-state index is 15.2. The van der Waals surface area contributed by atoms with Crippen molar-refractivity contribution in [3.63, 3.8) is 0 Å². The quantitative estimate of drug-likeness (QED) is 0.0947. The van der Waals surface area contributed by atoms with Crippen molar-refractivity contribution in [2.75, 3.05) is 0 Å². The minimum Gasteiger partial charge on any atom is -0.423 e. The summed E-state index contributed by atoms with van der Waals surface area (Å²) in [5, 5.41) is 0. The highest BCUT2D eigenvalue weighted by molar-refractivity contribution is 5.92. The van der Waals surface area contributed by atoms with Crippen LogP contribution in [0.4, 0.5) is 4.39 Å². The molecule has 3 aromatic rings. The van der Waals surface area contributed by atoms with Crippen LogP contribution in [0.1, 0.15) is 38.8 Å². The minimum atomic E-state index is -0.809. The molecule has 0 spiro atoms. The molecule has 0 saturated heterocycles. The number of halogens is 1. The van der Waals surface area contributed by atoms with Crippen LogP contribution >= 0.6 is 0 Å². The summed E-state index contributed by atoms with van der Waals surface area (Å²) in [4.78, 5) is 48.5. The van der Waals surface area contributed by atoms with Gasteiger partial charge in [0.2, 0.25) is 0 Å². The highest BCUT2D eigenvalue weighted by atomic mass is 19.1. The van der Waals surface area contributed by atoms with Crippen molar-refractivity contribution in [2.45, 2.75) is 27.7 Å². The summed E-state index contributed by atoms with van der Waals surface area (Å²) in [5.74, 6) is -3.73. The third-order valence-electron chi connectivity index (χ3n) is 5.90. The first-order chi connectivity index (χ1) is 21.2. The lowest BCUT2D eigenvalue weighted by Crippen LogP contribution is -2.12. The number of carbonyl (C=O) groups is 4. The van der Waals surface area contributed by atoms with E-state index in [1.54, 1.807) is 42.5 Å². The fourth-order valence-electron chi connectivity index (χ4n) is 3.48. The van der Waals surface area contributed by atoms with Gasteiger partial charge >= 0.3 is 23.9 Å². The Kier molecular flexibility index (Phi) is 10.9. The average Bonchev–Trinajstić information content (AvgIpc) is 2.97. The van der Waals surface area contributed by atoms with Crippen LogP contribution < -0.4 is 18.9 Å². The first-order valence-corrected chi connectivity index (χ1v) is 13.4. The van der Waals surface area contributed by atoms with Crippen LogP contribution in [0, 0.1) is 5.82 Å². The molecule has 0 saturated carbocycles. The number of esters is 4.